The largest absolute Gasteiger partial charge is 0.493 e. The van der Waals surface area contributed by atoms with Crippen LogP contribution in [0, 0.1) is 21.7 Å². The van der Waals surface area contributed by atoms with E-state index in [1.165, 1.54) is 25.3 Å². The molecule has 154 valence electrons. The lowest BCUT2D eigenvalue weighted by atomic mass is 10.1. The van der Waals surface area contributed by atoms with Crippen molar-refractivity contribution in [3.63, 3.8) is 0 Å². The van der Waals surface area contributed by atoms with E-state index in [9.17, 15) is 14.0 Å². The van der Waals surface area contributed by atoms with Crippen LogP contribution in [-0.4, -0.2) is 29.8 Å². The summed E-state index contributed by atoms with van der Waals surface area (Å²) in [6.07, 6.45) is 6.81. The van der Waals surface area contributed by atoms with Crippen molar-refractivity contribution in [3.8, 4) is 23.8 Å². The van der Waals surface area contributed by atoms with Gasteiger partial charge in [0.25, 0.3) is 11.1 Å². The van der Waals surface area contributed by atoms with E-state index in [0.29, 0.717) is 17.1 Å². The van der Waals surface area contributed by atoms with Gasteiger partial charge in [0.2, 0.25) is 0 Å². The average Bonchev–Trinajstić information content (AvgIpc) is 2.96. The van der Waals surface area contributed by atoms with Crippen molar-refractivity contribution < 1.29 is 23.5 Å². The van der Waals surface area contributed by atoms with Gasteiger partial charge in [0.1, 0.15) is 12.4 Å². The van der Waals surface area contributed by atoms with Crippen LogP contribution in [0.5, 0.6) is 11.5 Å². The molecule has 1 aliphatic rings. The first-order chi connectivity index (χ1) is 14.3. The minimum Gasteiger partial charge on any atom is -0.493 e. The van der Waals surface area contributed by atoms with Gasteiger partial charge in [-0.25, -0.2) is 4.39 Å². The van der Waals surface area contributed by atoms with Crippen LogP contribution < -0.4 is 9.47 Å². The highest BCUT2D eigenvalue weighted by Gasteiger charge is 2.36. The van der Waals surface area contributed by atoms with Crippen molar-refractivity contribution in [1.82, 2.24) is 4.90 Å². The summed E-state index contributed by atoms with van der Waals surface area (Å²) in [4.78, 5) is 26.3. The van der Waals surface area contributed by atoms with Crippen molar-refractivity contribution in [3.05, 3.63) is 60.8 Å². The van der Waals surface area contributed by atoms with Gasteiger partial charge in [-0.3, -0.25) is 14.5 Å². The molecule has 0 saturated carbocycles. The minimum absolute atomic E-state index is 0.0865. The normalized spacial score (nSPS) is 14.9. The lowest BCUT2D eigenvalue weighted by molar-refractivity contribution is -0.123. The number of hydrogen-bond donors (Lipinski definition) is 0. The van der Waals surface area contributed by atoms with E-state index in [1.807, 2.05) is 0 Å². The Kier molecular flexibility index (Phi) is 7.28. The number of carbonyl (C=O) groups excluding carboxylic acids is 2. The third-order valence-corrected chi connectivity index (χ3v) is 6.16. The number of amides is 2. The number of hydrogen-bond acceptors (Lipinski definition) is 5. The van der Waals surface area contributed by atoms with Gasteiger partial charge >= 0.3 is 0 Å². The van der Waals surface area contributed by atoms with E-state index in [0.717, 1.165) is 20.2 Å². The van der Waals surface area contributed by atoms with E-state index in [-0.39, 0.29) is 28.6 Å². The highest BCUT2D eigenvalue weighted by atomic mass is 127. The summed E-state index contributed by atoms with van der Waals surface area (Å²) >= 11 is 8.87. The molecule has 9 heteroatoms. The average molecular weight is 558 g/mol. The second kappa shape index (κ2) is 9.73. The molecule has 0 aromatic heterocycles. The Balaban J connectivity index is 1.88. The van der Waals surface area contributed by atoms with E-state index in [4.69, 9.17) is 27.5 Å². The molecule has 2 amide bonds. The molecule has 3 rings (SSSR count). The Hall–Kier alpha value is -2.22. The Morgan fingerprint density at radius 2 is 2.13 bits per heavy atom. The summed E-state index contributed by atoms with van der Waals surface area (Å²) in [5, 5.41) is -0.346. The van der Waals surface area contributed by atoms with Crippen molar-refractivity contribution in [2.45, 2.75) is 6.54 Å². The lowest BCUT2D eigenvalue weighted by Crippen LogP contribution is -2.28. The van der Waals surface area contributed by atoms with Crippen LogP contribution >= 0.6 is 46.0 Å². The van der Waals surface area contributed by atoms with Crippen LogP contribution in [0.25, 0.3) is 6.08 Å². The summed E-state index contributed by atoms with van der Waals surface area (Å²) in [5.74, 6) is 2.23. The van der Waals surface area contributed by atoms with Gasteiger partial charge in [-0.05, 0) is 70.3 Å². The number of rotatable bonds is 6. The zero-order valence-electron chi connectivity index (χ0n) is 15.6. The summed E-state index contributed by atoms with van der Waals surface area (Å²) < 4.78 is 25.6. The molecule has 1 saturated heterocycles. The van der Waals surface area contributed by atoms with Crippen LogP contribution in [0.4, 0.5) is 9.18 Å². The number of ether oxygens (including phenoxy) is 2. The number of carbonyl (C=O) groups is 2. The Labute approximate surface area is 195 Å². The quantitative estimate of drug-likeness (QED) is 0.273. The highest BCUT2D eigenvalue weighted by Crippen LogP contribution is 2.38. The smallest absolute Gasteiger partial charge is 0.293 e. The van der Waals surface area contributed by atoms with Gasteiger partial charge in [-0.15, -0.1) is 6.42 Å². The lowest BCUT2D eigenvalue weighted by Gasteiger charge is -2.14. The second-order valence-electron chi connectivity index (χ2n) is 5.99. The van der Waals surface area contributed by atoms with Crippen molar-refractivity contribution >= 4 is 63.2 Å². The van der Waals surface area contributed by atoms with Crippen LogP contribution in [0.1, 0.15) is 11.1 Å². The third kappa shape index (κ3) is 4.74. The summed E-state index contributed by atoms with van der Waals surface area (Å²) in [5.41, 5.74) is 0.729. The summed E-state index contributed by atoms with van der Waals surface area (Å²) in [6, 6.07) is 7.65. The first-order valence-corrected chi connectivity index (χ1v) is 10.7. The zero-order chi connectivity index (χ0) is 21.8. The number of halogens is 3. The highest BCUT2D eigenvalue weighted by molar-refractivity contribution is 14.1. The van der Waals surface area contributed by atoms with E-state index in [1.54, 1.807) is 18.2 Å². The van der Waals surface area contributed by atoms with Gasteiger partial charge < -0.3 is 9.47 Å². The Morgan fingerprint density at radius 3 is 2.80 bits per heavy atom. The first kappa shape index (κ1) is 22.5. The molecule has 1 aliphatic heterocycles. The van der Waals surface area contributed by atoms with Crippen molar-refractivity contribution in [2.24, 2.45) is 0 Å². The number of benzene rings is 2. The molecule has 0 radical (unpaired) electrons. The fourth-order valence-electron chi connectivity index (χ4n) is 2.71. The predicted octanol–water partition coefficient (Wildman–Crippen LogP) is 5.34. The molecule has 0 bridgehead atoms. The Bertz CT molecular complexity index is 1080. The zero-order valence-corrected chi connectivity index (χ0v) is 19.3. The Morgan fingerprint density at radius 1 is 1.37 bits per heavy atom. The van der Waals surface area contributed by atoms with Crippen LogP contribution in [0.2, 0.25) is 5.02 Å². The van der Waals surface area contributed by atoms with Gasteiger partial charge in [-0.1, -0.05) is 23.6 Å². The van der Waals surface area contributed by atoms with Crippen molar-refractivity contribution in [1.29, 1.82) is 0 Å². The molecule has 5 nitrogen and oxygen atoms in total. The SMILES string of the molecule is C#CCOc1c(I)cc(/C=C2/SC(=O)N(Cc3c(F)cccc3Cl)C2=O)cc1OC. The third-order valence-electron chi connectivity index (χ3n) is 4.10. The maximum atomic E-state index is 14.1. The standard InChI is InChI=1S/C21H14ClFINO4S/c1-3-7-29-19-16(24)8-12(9-17(19)28-2)10-18-20(26)25(21(27)30-18)11-13-14(22)5-4-6-15(13)23/h1,4-6,8-10H,7,11H2,2H3/b18-10+. The van der Waals surface area contributed by atoms with Crippen LogP contribution in [0.15, 0.2) is 35.2 Å². The molecule has 0 atom stereocenters. The van der Waals surface area contributed by atoms with Crippen molar-refractivity contribution in [2.75, 3.05) is 13.7 Å². The molecule has 0 unspecified atom stereocenters. The van der Waals surface area contributed by atoms with E-state index >= 15 is 0 Å². The van der Waals surface area contributed by atoms with Gasteiger partial charge in [0.15, 0.2) is 11.5 Å². The van der Waals surface area contributed by atoms with E-state index in [2.05, 4.69) is 28.5 Å². The molecular weight excluding hydrogens is 544 g/mol. The fourth-order valence-corrected chi connectivity index (χ4v) is 4.55. The topological polar surface area (TPSA) is 55.8 Å². The number of imide groups is 1. The first-order valence-electron chi connectivity index (χ1n) is 8.47. The fraction of sp³-hybridized carbons (Fsp3) is 0.143. The van der Waals surface area contributed by atoms with Gasteiger partial charge in [0.05, 0.1) is 22.1 Å². The molecule has 30 heavy (non-hydrogen) atoms. The predicted molar refractivity (Wildman–Crippen MR) is 123 cm³/mol. The number of methoxy groups -OCH3 is 1. The number of nitrogens with zero attached hydrogens (tertiary/aromatic N) is 1. The van der Waals surface area contributed by atoms with E-state index < -0.39 is 17.0 Å². The maximum Gasteiger partial charge on any atom is 0.293 e. The van der Waals surface area contributed by atoms with Crippen LogP contribution in [-0.2, 0) is 11.3 Å². The van der Waals surface area contributed by atoms with Gasteiger partial charge in [-0.2, -0.15) is 0 Å². The molecule has 0 aliphatic carbocycles. The summed E-state index contributed by atoms with van der Waals surface area (Å²) in [7, 11) is 1.49. The monoisotopic (exact) mass is 557 g/mol. The summed E-state index contributed by atoms with van der Waals surface area (Å²) in [6.45, 7) is -0.156. The molecule has 2 aromatic carbocycles. The van der Waals surface area contributed by atoms with Crippen LogP contribution in [0.3, 0.4) is 0 Å². The molecule has 2 aromatic rings. The molecule has 0 spiro atoms. The molecule has 0 N–H and O–H groups in total. The second-order valence-corrected chi connectivity index (χ2v) is 8.56. The number of thioether (sulfide) groups is 1. The minimum atomic E-state index is -0.577. The maximum absolute atomic E-state index is 14.1. The molecule has 1 heterocycles. The molecular formula is C21H14ClFINO4S. The number of terminal acetylenes is 1. The molecule has 1 fully saturated rings. The van der Waals surface area contributed by atoms with Gasteiger partial charge in [0, 0.05) is 10.6 Å².